The zero-order chi connectivity index (χ0) is 17.6. The van der Waals surface area contributed by atoms with Crippen molar-refractivity contribution < 1.29 is 9.18 Å². The van der Waals surface area contributed by atoms with Crippen molar-refractivity contribution in [2.24, 2.45) is 5.10 Å². The van der Waals surface area contributed by atoms with Gasteiger partial charge < -0.3 is 5.32 Å². The molecule has 0 saturated carbocycles. The van der Waals surface area contributed by atoms with Gasteiger partial charge in [-0.15, -0.1) is 0 Å². The Balaban J connectivity index is 1.61. The summed E-state index contributed by atoms with van der Waals surface area (Å²) in [5.74, 6) is -0.691. The van der Waals surface area contributed by atoms with Gasteiger partial charge in [0.25, 0.3) is 5.91 Å². The van der Waals surface area contributed by atoms with Crippen molar-refractivity contribution in [3.63, 3.8) is 0 Å². The molecule has 0 spiro atoms. The standard InChI is InChI=1S/C20H18FN3O/c1-14(20(25)24-22-13-17-8-4-5-9-19(17)21)23-18-11-10-15-6-2-3-7-16(15)12-18/h2-14,23H,1H3,(H,24,25)/b22-13+. The van der Waals surface area contributed by atoms with Crippen LogP contribution in [0.2, 0.25) is 0 Å². The molecule has 3 aromatic rings. The summed E-state index contributed by atoms with van der Waals surface area (Å²) in [6, 6.07) is 19.7. The van der Waals surface area contributed by atoms with E-state index < -0.39 is 6.04 Å². The first-order valence-electron chi connectivity index (χ1n) is 7.96. The molecule has 0 heterocycles. The van der Waals surface area contributed by atoms with E-state index >= 15 is 0 Å². The Morgan fingerprint density at radius 2 is 1.76 bits per heavy atom. The van der Waals surface area contributed by atoms with E-state index in [-0.39, 0.29) is 11.7 Å². The van der Waals surface area contributed by atoms with E-state index in [1.807, 2.05) is 42.5 Å². The van der Waals surface area contributed by atoms with Gasteiger partial charge in [0.15, 0.2) is 0 Å². The second-order valence-corrected chi connectivity index (χ2v) is 5.68. The Hall–Kier alpha value is -3.21. The number of nitrogens with one attached hydrogen (secondary N) is 2. The summed E-state index contributed by atoms with van der Waals surface area (Å²) in [5.41, 5.74) is 3.58. The summed E-state index contributed by atoms with van der Waals surface area (Å²) >= 11 is 0. The molecule has 0 aliphatic heterocycles. The van der Waals surface area contributed by atoms with Crippen molar-refractivity contribution in [2.45, 2.75) is 13.0 Å². The fraction of sp³-hybridized carbons (Fsp3) is 0.100. The van der Waals surface area contributed by atoms with E-state index in [1.54, 1.807) is 25.1 Å². The fourth-order valence-corrected chi connectivity index (χ4v) is 2.44. The molecular formula is C20H18FN3O. The van der Waals surface area contributed by atoms with Gasteiger partial charge >= 0.3 is 0 Å². The minimum absolute atomic E-state index is 0.305. The first-order valence-corrected chi connectivity index (χ1v) is 7.96. The molecular weight excluding hydrogens is 317 g/mol. The summed E-state index contributed by atoms with van der Waals surface area (Å²) in [5, 5.41) is 9.18. The zero-order valence-corrected chi connectivity index (χ0v) is 13.7. The van der Waals surface area contributed by atoms with Gasteiger partial charge in [-0.2, -0.15) is 5.10 Å². The second kappa shape index (κ2) is 7.57. The van der Waals surface area contributed by atoms with Crippen LogP contribution in [-0.2, 0) is 4.79 Å². The number of rotatable bonds is 5. The lowest BCUT2D eigenvalue weighted by Crippen LogP contribution is -2.34. The highest BCUT2D eigenvalue weighted by molar-refractivity contribution is 5.89. The van der Waals surface area contributed by atoms with Crippen molar-refractivity contribution in [1.82, 2.24) is 5.43 Å². The average molecular weight is 335 g/mol. The lowest BCUT2D eigenvalue weighted by Gasteiger charge is -2.14. The van der Waals surface area contributed by atoms with Gasteiger partial charge in [-0.1, -0.05) is 48.5 Å². The molecule has 5 heteroatoms. The topological polar surface area (TPSA) is 53.5 Å². The molecule has 4 nitrogen and oxygen atoms in total. The molecule has 1 unspecified atom stereocenters. The molecule has 126 valence electrons. The largest absolute Gasteiger partial charge is 0.374 e. The van der Waals surface area contributed by atoms with Gasteiger partial charge in [-0.3, -0.25) is 4.79 Å². The molecule has 3 aromatic carbocycles. The number of amides is 1. The van der Waals surface area contributed by atoms with Crippen LogP contribution in [-0.4, -0.2) is 18.2 Å². The van der Waals surface area contributed by atoms with Crippen LogP contribution in [0.15, 0.2) is 71.8 Å². The molecule has 3 rings (SSSR count). The summed E-state index contributed by atoms with van der Waals surface area (Å²) in [7, 11) is 0. The van der Waals surface area contributed by atoms with E-state index in [1.165, 1.54) is 12.3 Å². The molecule has 1 atom stereocenters. The highest BCUT2D eigenvalue weighted by Crippen LogP contribution is 2.19. The van der Waals surface area contributed by atoms with Gasteiger partial charge in [0.2, 0.25) is 0 Å². The molecule has 1 amide bonds. The first-order chi connectivity index (χ1) is 12.1. The minimum atomic E-state index is -0.487. The SMILES string of the molecule is CC(Nc1ccc2ccccc2c1)C(=O)N/N=C/c1ccccc1F. The third-order valence-corrected chi connectivity index (χ3v) is 3.81. The Bertz CT molecular complexity index is 923. The minimum Gasteiger partial charge on any atom is -0.374 e. The van der Waals surface area contributed by atoms with Crippen LogP contribution < -0.4 is 10.7 Å². The quantitative estimate of drug-likeness (QED) is 0.548. The molecule has 0 aromatic heterocycles. The van der Waals surface area contributed by atoms with Crippen LogP contribution in [0.5, 0.6) is 0 Å². The number of carbonyl (C=O) groups excluding carboxylic acids is 1. The van der Waals surface area contributed by atoms with Crippen LogP contribution in [0, 0.1) is 5.82 Å². The maximum atomic E-state index is 13.5. The molecule has 25 heavy (non-hydrogen) atoms. The third-order valence-electron chi connectivity index (χ3n) is 3.81. The summed E-state index contributed by atoms with van der Waals surface area (Å²) in [6.45, 7) is 1.74. The van der Waals surface area contributed by atoms with E-state index in [4.69, 9.17) is 0 Å². The van der Waals surface area contributed by atoms with Gasteiger partial charge in [-0.05, 0) is 35.9 Å². The normalized spacial score (nSPS) is 12.2. The summed E-state index contributed by atoms with van der Waals surface area (Å²) in [6.07, 6.45) is 1.29. The number of nitrogens with zero attached hydrogens (tertiary/aromatic N) is 1. The Morgan fingerprint density at radius 3 is 2.56 bits per heavy atom. The van der Waals surface area contributed by atoms with Crippen LogP contribution in [0.1, 0.15) is 12.5 Å². The van der Waals surface area contributed by atoms with E-state index in [0.29, 0.717) is 5.56 Å². The predicted octanol–water partition coefficient (Wildman–Crippen LogP) is 3.93. The zero-order valence-electron chi connectivity index (χ0n) is 13.7. The Kier molecular flexibility index (Phi) is 5.04. The number of carbonyl (C=O) groups is 1. The second-order valence-electron chi connectivity index (χ2n) is 5.68. The van der Waals surface area contributed by atoms with Crippen molar-refractivity contribution >= 4 is 28.6 Å². The number of fused-ring (bicyclic) bond motifs is 1. The summed E-state index contributed by atoms with van der Waals surface area (Å²) in [4.78, 5) is 12.1. The Morgan fingerprint density at radius 1 is 1.04 bits per heavy atom. The number of hydrogen-bond acceptors (Lipinski definition) is 3. The van der Waals surface area contributed by atoms with Crippen LogP contribution >= 0.6 is 0 Å². The maximum Gasteiger partial charge on any atom is 0.262 e. The summed E-state index contributed by atoms with van der Waals surface area (Å²) < 4.78 is 13.5. The molecule has 0 aliphatic carbocycles. The molecule has 0 radical (unpaired) electrons. The molecule has 0 saturated heterocycles. The van der Waals surface area contributed by atoms with Crippen LogP contribution in [0.4, 0.5) is 10.1 Å². The number of benzene rings is 3. The van der Waals surface area contributed by atoms with E-state index in [2.05, 4.69) is 15.8 Å². The number of halogens is 1. The monoisotopic (exact) mass is 335 g/mol. The van der Waals surface area contributed by atoms with Crippen LogP contribution in [0.25, 0.3) is 10.8 Å². The third kappa shape index (κ3) is 4.20. The molecule has 0 fully saturated rings. The predicted molar refractivity (Wildman–Crippen MR) is 99.2 cm³/mol. The van der Waals surface area contributed by atoms with Gasteiger partial charge in [0, 0.05) is 11.3 Å². The first kappa shape index (κ1) is 16.6. The molecule has 2 N–H and O–H groups in total. The van der Waals surface area contributed by atoms with E-state index in [0.717, 1.165) is 16.5 Å². The van der Waals surface area contributed by atoms with Crippen molar-refractivity contribution in [2.75, 3.05) is 5.32 Å². The smallest absolute Gasteiger partial charge is 0.262 e. The Labute approximate surface area is 145 Å². The van der Waals surface area contributed by atoms with Gasteiger partial charge in [-0.25, -0.2) is 9.82 Å². The maximum absolute atomic E-state index is 13.5. The molecule has 0 bridgehead atoms. The van der Waals surface area contributed by atoms with Gasteiger partial charge in [0.1, 0.15) is 11.9 Å². The van der Waals surface area contributed by atoms with Gasteiger partial charge in [0.05, 0.1) is 6.21 Å². The number of hydrazone groups is 1. The average Bonchev–Trinajstić information content (AvgIpc) is 2.63. The van der Waals surface area contributed by atoms with E-state index in [9.17, 15) is 9.18 Å². The van der Waals surface area contributed by atoms with Crippen molar-refractivity contribution in [3.8, 4) is 0 Å². The van der Waals surface area contributed by atoms with Crippen molar-refractivity contribution in [3.05, 3.63) is 78.1 Å². The lowest BCUT2D eigenvalue weighted by atomic mass is 10.1. The number of hydrogen-bond donors (Lipinski definition) is 2. The lowest BCUT2D eigenvalue weighted by molar-refractivity contribution is -0.121. The number of anilines is 1. The highest BCUT2D eigenvalue weighted by Gasteiger charge is 2.11. The van der Waals surface area contributed by atoms with Crippen LogP contribution in [0.3, 0.4) is 0 Å². The fourth-order valence-electron chi connectivity index (χ4n) is 2.44. The van der Waals surface area contributed by atoms with Crippen molar-refractivity contribution in [1.29, 1.82) is 0 Å². The molecule has 0 aliphatic rings. The highest BCUT2D eigenvalue weighted by atomic mass is 19.1.